The van der Waals surface area contributed by atoms with Crippen molar-refractivity contribution in [1.82, 2.24) is 4.90 Å². The molecule has 30 heavy (non-hydrogen) atoms. The molecule has 2 rings (SSSR count). The van der Waals surface area contributed by atoms with Gasteiger partial charge >= 0.3 is 0 Å². The largest absolute Gasteiger partial charge is 0.377 e. The smallest absolute Gasteiger partial charge is 0.264 e. The molecule has 5 nitrogen and oxygen atoms in total. The van der Waals surface area contributed by atoms with Crippen molar-refractivity contribution in [2.75, 3.05) is 24.3 Å². The van der Waals surface area contributed by atoms with Crippen molar-refractivity contribution in [3.8, 4) is 0 Å². The average molecular weight is 430 g/mol. The molecule has 0 radical (unpaired) electrons. The maximum absolute atomic E-state index is 13.2. The molecule has 0 unspecified atom stereocenters. The summed E-state index contributed by atoms with van der Waals surface area (Å²) in [6.07, 6.45) is 1.32. The molecule has 0 aliphatic rings. The Morgan fingerprint density at radius 3 is 2.40 bits per heavy atom. The molecule has 0 aliphatic heterocycles. The van der Waals surface area contributed by atoms with Gasteiger partial charge in [-0.25, -0.2) is 0 Å². The maximum Gasteiger partial charge on any atom is 0.264 e. The van der Waals surface area contributed by atoms with E-state index >= 15 is 0 Å². The van der Waals surface area contributed by atoms with Crippen LogP contribution >= 0.6 is 11.3 Å². The second-order valence-electron chi connectivity index (χ2n) is 9.19. The molecule has 0 bridgehead atoms. The molecular formula is C24H35N3O2S. The highest BCUT2D eigenvalue weighted by Gasteiger charge is 2.23. The highest BCUT2D eigenvalue weighted by Crippen LogP contribution is 2.28. The number of nitrogens with zero attached hydrogens (tertiary/aromatic N) is 2. The molecule has 1 atom stereocenters. The van der Waals surface area contributed by atoms with Crippen LogP contribution in [0.1, 0.15) is 62.7 Å². The van der Waals surface area contributed by atoms with Crippen molar-refractivity contribution in [1.29, 1.82) is 0 Å². The Morgan fingerprint density at radius 1 is 1.17 bits per heavy atom. The standard InChI is InChI=1S/C24H35N3O2S/c1-8-17(2)27(23(29)21-10-9-13-30-21)16-18-14-19(11-12-20(18)26(6)7)25-22(28)15-24(3,4)5/h9-14,17H,8,15-16H2,1-7H3,(H,25,28)/t17-/m0/s1. The first kappa shape index (κ1) is 23.9. The van der Waals surface area contributed by atoms with Crippen LogP contribution in [0.15, 0.2) is 35.7 Å². The van der Waals surface area contributed by atoms with Gasteiger partial charge in [0.1, 0.15) is 0 Å². The molecule has 0 spiro atoms. The molecule has 164 valence electrons. The van der Waals surface area contributed by atoms with Crippen LogP contribution in [0.25, 0.3) is 0 Å². The van der Waals surface area contributed by atoms with E-state index in [0.29, 0.717) is 13.0 Å². The summed E-state index contributed by atoms with van der Waals surface area (Å²) in [5.74, 6) is 0.0470. The number of carbonyl (C=O) groups excluding carboxylic acids is 2. The van der Waals surface area contributed by atoms with E-state index in [1.165, 1.54) is 11.3 Å². The summed E-state index contributed by atoms with van der Waals surface area (Å²) < 4.78 is 0. The number of amides is 2. The molecule has 0 aliphatic carbocycles. The van der Waals surface area contributed by atoms with E-state index in [4.69, 9.17) is 0 Å². The Bertz CT molecular complexity index is 854. The Balaban J connectivity index is 2.33. The third-order valence-electron chi connectivity index (χ3n) is 4.99. The first-order valence-electron chi connectivity index (χ1n) is 10.5. The van der Waals surface area contributed by atoms with Crippen LogP contribution in [0, 0.1) is 5.41 Å². The summed E-state index contributed by atoms with van der Waals surface area (Å²) in [4.78, 5) is 30.3. The first-order valence-corrected chi connectivity index (χ1v) is 11.3. The molecule has 0 fully saturated rings. The van der Waals surface area contributed by atoms with Crippen LogP contribution in [0.4, 0.5) is 11.4 Å². The van der Waals surface area contributed by atoms with Crippen molar-refractivity contribution in [2.24, 2.45) is 5.41 Å². The van der Waals surface area contributed by atoms with Gasteiger partial charge in [0.25, 0.3) is 5.91 Å². The number of hydrogen-bond donors (Lipinski definition) is 1. The molecule has 0 saturated carbocycles. The molecule has 1 aromatic heterocycles. The fourth-order valence-corrected chi connectivity index (χ4v) is 3.97. The van der Waals surface area contributed by atoms with Crippen molar-refractivity contribution in [3.63, 3.8) is 0 Å². The fourth-order valence-electron chi connectivity index (χ4n) is 3.29. The molecule has 1 aromatic carbocycles. The number of thiophene rings is 1. The Kier molecular flexibility index (Phi) is 8.07. The molecule has 2 aromatic rings. The molecule has 0 saturated heterocycles. The van der Waals surface area contributed by atoms with Gasteiger partial charge in [-0.3, -0.25) is 9.59 Å². The zero-order valence-electron chi connectivity index (χ0n) is 19.3. The number of benzene rings is 1. The fraction of sp³-hybridized carbons (Fsp3) is 0.500. The van der Waals surface area contributed by atoms with Crippen molar-refractivity contribution < 1.29 is 9.59 Å². The molecular weight excluding hydrogens is 394 g/mol. The van der Waals surface area contributed by atoms with Gasteiger partial charge in [-0.15, -0.1) is 11.3 Å². The lowest BCUT2D eigenvalue weighted by molar-refractivity contribution is -0.117. The van der Waals surface area contributed by atoms with Gasteiger partial charge in [0, 0.05) is 44.5 Å². The van der Waals surface area contributed by atoms with E-state index in [0.717, 1.165) is 28.2 Å². The summed E-state index contributed by atoms with van der Waals surface area (Å²) in [6, 6.07) is 9.81. The lowest BCUT2D eigenvalue weighted by Gasteiger charge is -2.30. The minimum atomic E-state index is -0.0724. The van der Waals surface area contributed by atoms with Crippen LogP contribution < -0.4 is 10.2 Å². The van der Waals surface area contributed by atoms with E-state index in [-0.39, 0.29) is 23.3 Å². The van der Waals surface area contributed by atoms with Crippen LogP contribution in [0.5, 0.6) is 0 Å². The third kappa shape index (κ3) is 6.59. The van der Waals surface area contributed by atoms with Gasteiger partial charge in [0.2, 0.25) is 5.91 Å². The van der Waals surface area contributed by atoms with E-state index in [1.807, 2.05) is 80.4 Å². The van der Waals surface area contributed by atoms with Gasteiger partial charge < -0.3 is 15.1 Å². The Morgan fingerprint density at radius 2 is 1.87 bits per heavy atom. The van der Waals surface area contributed by atoms with Gasteiger partial charge in [-0.1, -0.05) is 33.8 Å². The number of hydrogen-bond acceptors (Lipinski definition) is 4. The van der Waals surface area contributed by atoms with E-state index in [2.05, 4.69) is 19.2 Å². The lowest BCUT2D eigenvalue weighted by atomic mass is 9.92. The summed E-state index contributed by atoms with van der Waals surface area (Å²) in [5, 5.41) is 4.95. The zero-order chi connectivity index (χ0) is 22.5. The van der Waals surface area contributed by atoms with Crippen molar-refractivity contribution >= 4 is 34.5 Å². The summed E-state index contributed by atoms with van der Waals surface area (Å²) >= 11 is 1.47. The highest BCUT2D eigenvalue weighted by molar-refractivity contribution is 7.12. The summed E-state index contributed by atoms with van der Waals surface area (Å²) in [5.41, 5.74) is 2.74. The van der Waals surface area contributed by atoms with Gasteiger partial charge in [-0.05, 0) is 54.0 Å². The van der Waals surface area contributed by atoms with Crippen LogP contribution in [-0.2, 0) is 11.3 Å². The van der Waals surface area contributed by atoms with Crippen LogP contribution in [0.2, 0.25) is 0 Å². The van der Waals surface area contributed by atoms with Gasteiger partial charge in [-0.2, -0.15) is 0 Å². The average Bonchev–Trinajstić information content (AvgIpc) is 3.18. The second kappa shape index (κ2) is 10.1. The van der Waals surface area contributed by atoms with Gasteiger partial charge in [0.15, 0.2) is 0 Å². The molecule has 6 heteroatoms. The van der Waals surface area contributed by atoms with Gasteiger partial charge in [0.05, 0.1) is 4.88 Å². The summed E-state index contributed by atoms with van der Waals surface area (Å²) in [6.45, 7) is 10.8. The number of nitrogens with one attached hydrogen (secondary N) is 1. The molecule has 2 amide bonds. The number of rotatable bonds is 8. The summed E-state index contributed by atoms with van der Waals surface area (Å²) in [7, 11) is 3.98. The highest BCUT2D eigenvalue weighted by atomic mass is 32.1. The zero-order valence-corrected chi connectivity index (χ0v) is 20.1. The second-order valence-corrected chi connectivity index (χ2v) is 10.1. The SMILES string of the molecule is CC[C@H](C)N(Cc1cc(NC(=O)CC(C)(C)C)ccc1N(C)C)C(=O)c1cccs1. The monoisotopic (exact) mass is 429 g/mol. The first-order chi connectivity index (χ1) is 14.0. The minimum absolute atomic E-state index is 0.000465. The predicted octanol–water partition coefficient (Wildman–Crippen LogP) is 5.63. The molecule has 1 heterocycles. The van der Waals surface area contributed by atoms with Crippen LogP contribution in [-0.4, -0.2) is 36.9 Å². The third-order valence-corrected chi connectivity index (χ3v) is 5.85. The van der Waals surface area contributed by atoms with E-state index < -0.39 is 0 Å². The van der Waals surface area contributed by atoms with Crippen LogP contribution in [0.3, 0.4) is 0 Å². The van der Waals surface area contributed by atoms with Crippen molar-refractivity contribution in [3.05, 3.63) is 46.2 Å². The Labute approximate surface area is 185 Å². The van der Waals surface area contributed by atoms with Crippen molar-refractivity contribution in [2.45, 2.75) is 60.0 Å². The topological polar surface area (TPSA) is 52.7 Å². The quantitative estimate of drug-likeness (QED) is 0.592. The lowest BCUT2D eigenvalue weighted by Crippen LogP contribution is -2.37. The van der Waals surface area contributed by atoms with E-state index in [9.17, 15) is 9.59 Å². The number of anilines is 2. The minimum Gasteiger partial charge on any atom is -0.377 e. The van der Waals surface area contributed by atoms with E-state index in [1.54, 1.807) is 0 Å². The molecule has 1 N–H and O–H groups in total. The normalized spacial score (nSPS) is 12.4. The Hall–Kier alpha value is -2.34. The predicted molar refractivity (Wildman–Crippen MR) is 127 cm³/mol. The number of carbonyl (C=O) groups is 2. The maximum atomic E-state index is 13.2.